The lowest BCUT2D eigenvalue weighted by Crippen LogP contribution is -2.52. The monoisotopic (exact) mass is 571 g/mol. The van der Waals surface area contributed by atoms with E-state index in [0.29, 0.717) is 23.7 Å². The predicted molar refractivity (Wildman–Crippen MR) is 153 cm³/mol. The number of sulfonamides is 1. The molecule has 0 saturated heterocycles. The lowest BCUT2D eigenvalue weighted by molar-refractivity contribution is -0.140. The molecule has 1 atom stereocenters. The highest BCUT2D eigenvalue weighted by atomic mass is 35.5. The molecular weight excluding hydrogens is 538 g/mol. The van der Waals surface area contributed by atoms with E-state index in [1.165, 1.54) is 24.1 Å². The van der Waals surface area contributed by atoms with Gasteiger partial charge < -0.3 is 15.0 Å². The second-order valence-corrected chi connectivity index (χ2v) is 11.2. The number of halogens is 1. The summed E-state index contributed by atoms with van der Waals surface area (Å²) in [6, 6.07) is 20.6. The summed E-state index contributed by atoms with van der Waals surface area (Å²) < 4.78 is 34.0. The maximum absolute atomic E-state index is 14.0. The number of hydrogen-bond donors (Lipinski definition) is 1. The Balaban J connectivity index is 2.05. The van der Waals surface area contributed by atoms with Gasteiger partial charge >= 0.3 is 0 Å². The minimum absolute atomic E-state index is 0.0394. The lowest BCUT2D eigenvalue weighted by Gasteiger charge is -2.33. The summed E-state index contributed by atoms with van der Waals surface area (Å²) in [6.45, 7) is 3.81. The molecule has 0 fully saturated rings. The van der Waals surface area contributed by atoms with E-state index in [-0.39, 0.29) is 23.0 Å². The average Bonchev–Trinajstić information content (AvgIpc) is 2.95. The van der Waals surface area contributed by atoms with Gasteiger partial charge in [0.15, 0.2) is 0 Å². The molecule has 2 amide bonds. The van der Waals surface area contributed by atoms with E-state index in [1.807, 2.05) is 13.8 Å². The van der Waals surface area contributed by atoms with E-state index in [9.17, 15) is 18.0 Å². The average molecular weight is 572 g/mol. The summed E-state index contributed by atoms with van der Waals surface area (Å²) >= 11 is 6.05. The Morgan fingerprint density at radius 2 is 1.67 bits per heavy atom. The summed E-state index contributed by atoms with van der Waals surface area (Å²) in [4.78, 5) is 28.6. The Labute approximate surface area is 235 Å². The molecule has 1 unspecified atom stereocenters. The molecule has 0 spiro atoms. The van der Waals surface area contributed by atoms with Crippen LogP contribution in [0.15, 0.2) is 83.8 Å². The van der Waals surface area contributed by atoms with Crippen molar-refractivity contribution in [1.82, 2.24) is 10.2 Å². The minimum Gasteiger partial charge on any atom is -0.497 e. The Hall–Kier alpha value is -3.56. The smallest absolute Gasteiger partial charge is 0.264 e. The van der Waals surface area contributed by atoms with Gasteiger partial charge in [-0.15, -0.1) is 0 Å². The highest BCUT2D eigenvalue weighted by Gasteiger charge is 2.33. The van der Waals surface area contributed by atoms with E-state index in [2.05, 4.69) is 5.32 Å². The van der Waals surface area contributed by atoms with Crippen molar-refractivity contribution in [3.63, 3.8) is 0 Å². The van der Waals surface area contributed by atoms with Gasteiger partial charge in [-0.2, -0.15) is 0 Å². The molecule has 39 heavy (non-hydrogen) atoms. The molecule has 0 heterocycles. The number of carbonyl (C=O) groups excluding carboxylic acids is 2. The zero-order chi connectivity index (χ0) is 28.4. The molecule has 8 nitrogen and oxygen atoms in total. The first-order valence-electron chi connectivity index (χ1n) is 12.7. The zero-order valence-corrected chi connectivity index (χ0v) is 23.9. The Bertz CT molecular complexity index is 1350. The van der Waals surface area contributed by atoms with Gasteiger partial charge in [0.2, 0.25) is 11.8 Å². The standard InChI is InChI=1S/C29H34ClN3O5S/c1-4-18-31-29(35)27(5-2)32(20-22-14-16-23(30)17-15-22)28(34)21-33(24-10-9-11-25(19-24)38-3)39(36,37)26-12-7-6-8-13-26/h6-17,19,27H,4-5,18,20-21H2,1-3H3,(H,31,35). The van der Waals surface area contributed by atoms with Crippen LogP contribution in [0.1, 0.15) is 32.3 Å². The first-order valence-corrected chi connectivity index (χ1v) is 14.6. The van der Waals surface area contributed by atoms with E-state index >= 15 is 0 Å². The van der Waals surface area contributed by atoms with Crippen molar-refractivity contribution in [3.05, 3.63) is 89.4 Å². The maximum atomic E-state index is 14.0. The highest BCUT2D eigenvalue weighted by Crippen LogP contribution is 2.27. The van der Waals surface area contributed by atoms with Gasteiger partial charge in [-0.3, -0.25) is 13.9 Å². The number of ether oxygens (including phenoxy) is 1. The number of benzene rings is 3. The Kier molecular flexibility index (Phi) is 10.8. The lowest BCUT2D eigenvalue weighted by atomic mass is 10.1. The van der Waals surface area contributed by atoms with Gasteiger partial charge in [0.25, 0.3) is 10.0 Å². The van der Waals surface area contributed by atoms with Crippen LogP contribution >= 0.6 is 11.6 Å². The third-order valence-corrected chi connectivity index (χ3v) is 8.19. The number of carbonyl (C=O) groups is 2. The number of anilines is 1. The fraction of sp³-hybridized carbons (Fsp3) is 0.310. The minimum atomic E-state index is -4.14. The normalized spacial score (nSPS) is 11.9. The topological polar surface area (TPSA) is 96.0 Å². The Morgan fingerprint density at radius 1 is 0.974 bits per heavy atom. The van der Waals surface area contributed by atoms with Crippen molar-refractivity contribution in [2.24, 2.45) is 0 Å². The summed E-state index contributed by atoms with van der Waals surface area (Å²) in [5.74, 6) is -0.372. The van der Waals surface area contributed by atoms with Crippen LogP contribution < -0.4 is 14.4 Å². The molecule has 208 valence electrons. The molecule has 0 aliphatic rings. The van der Waals surface area contributed by atoms with Gasteiger partial charge in [0, 0.05) is 24.2 Å². The SMILES string of the molecule is CCCNC(=O)C(CC)N(Cc1ccc(Cl)cc1)C(=O)CN(c1cccc(OC)c1)S(=O)(=O)c1ccccc1. The van der Waals surface area contributed by atoms with Crippen molar-refractivity contribution in [2.75, 3.05) is 24.5 Å². The number of methoxy groups -OCH3 is 1. The number of hydrogen-bond acceptors (Lipinski definition) is 5. The summed E-state index contributed by atoms with van der Waals surface area (Å²) in [5, 5.41) is 3.41. The molecule has 0 aliphatic carbocycles. The molecule has 0 aromatic heterocycles. The summed E-state index contributed by atoms with van der Waals surface area (Å²) in [7, 11) is -2.66. The molecule has 3 aromatic carbocycles. The zero-order valence-electron chi connectivity index (χ0n) is 22.3. The van der Waals surface area contributed by atoms with Crippen molar-refractivity contribution < 1.29 is 22.7 Å². The molecule has 0 radical (unpaired) electrons. The molecule has 1 N–H and O–H groups in total. The Morgan fingerprint density at radius 3 is 2.28 bits per heavy atom. The number of nitrogens with zero attached hydrogens (tertiary/aromatic N) is 2. The first kappa shape index (κ1) is 30.0. The second-order valence-electron chi connectivity index (χ2n) is 8.89. The van der Waals surface area contributed by atoms with Gasteiger partial charge in [-0.1, -0.05) is 61.8 Å². The molecule has 10 heteroatoms. The van der Waals surface area contributed by atoms with E-state index < -0.39 is 28.5 Å². The van der Waals surface area contributed by atoms with E-state index in [1.54, 1.807) is 66.7 Å². The number of nitrogens with one attached hydrogen (secondary N) is 1. The molecule has 0 saturated carbocycles. The highest BCUT2D eigenvalue weighted by molar-refractivity contribution is 7.92. The first-order chi connectivity index (χ1) is 18.7. The van der Waals surface area contributed by atoms with Crippen LogP contribution in [0.4, 0.5) is 5.69 Å². The second kappa shape index (κ2) is 14.0. The van der Waals surface area contributed by atoms with Crippen LogP contribution in [-0.4, -0.2) is 51.4 Å². The van der Waals surface area contributed by atoms with Crippen LogP contribution in [0.25, 0.3) is 0 Å². The summed E-state index contributed by atoms with van der Waals surface area (Å²) in [5.41, 5.74) is 1.02. The van der Waals surface area contributed by atoms with Crippen LogP contribution in [-0.2, 0) is 26.2 Å². The number of rotatable bonds is 13. The molecule has 0 bridgehead atoms. The quantitative estimate of drug-likeness (QED) is 0.315. The maximum Gasteiger partial charge on any atom is 0.264 e. The van der Waals surface area contributed by atoms with Crippen LogP contribution in [0, 0.1) is 0 Å². The van der Waals surface area contributed by atoms with Crippen LogP contribution in [0.5, 0.6) is 5.75 Å². The molecule has 3 rings (SSSR count). The van der Waals surface area contributed by atoms with Crippen molar-refractivity contribution in [3.8, 4) is 5.75 Å². The largest absolute Gasteiger partial charge is 0.497 e. The van der Waals surface area contributed by atoms with Gasteiger partial charge in [0.1, 0.15) is 18.3 Å². The van der Waals surface area contributed by atoms with Crippen LogP contribution in [0.2, 0.25) is 5.02 Å². The van der Waals surface area contributed by atoms with Crippen molar-refractivity contribution >= 4 is 39.1 Å². The van der Waals surface area contributed by atoms with Crippen LogP contribution in [0.3, 0.4) is 0 Å². The van der Waals surface area contributed by atoms with E-state index in [4.69, 9.17) is 16.3 Å². The fourth-order valence-corrected chi connectivity index (χ4v) is 5.64. The fourth-order valence-electron chi connectivity index (χ4n) is 4.09. The molecular formula is C29H34ClN3O5S. The van der Waals surface area contributed by atoms with Gasteiger partial charge in [0.05, 0.1) is 17.7 Å². The third kappa shape index (κ3) is 7.74. The molecule has 0 aliphatic heterocycles. The molecule has 3 aromatic rings. The van der Waals surface area contributed by atoms with E-state index in [0.717, 1.165) is 16.3 Å². The number of amides is 2. The van der Waals surface area contributed by atoms with Crippen molar-refractivity contribution in [2.45, 2.75) is 44.2 Å². The van der Waals surface area contributed by atoms with Gasteiger partial charge in [-0.25, -0.2) is 8.42 Å². The summed E-state index contributed by atoms with van der Waals surface area (Å²) in [6.07, 6.45) is 1.09. The van der Waals surface area contributed by atoms with Crippen molar-refractivity contribution in [1.29, 1.82) is 0 Å². The van der Waals surface area contributed by atoms with Gasteiger partial charge in [-0.05, 0) is 54.8 Å². The third-order valence-electron chi connectivity index (χ3n) is 6.15. The predicted octanol–water partition coefficient (Wildman–Crippen LogP) is 4.88.